The normalized spacial score (nSPS) is 10.8. The predicted octanol–water partition coefficient (Wildman–Crippen LogP) is 2.82. The Morgan fingerprint density at radius 2 is 2.33 bits per heavy atom. The summed E-state index contributed by atoms with van der Waals surface area (Å²) >= 11 is 3.43. The molecule has 1 aromatic heterocycles. The lowest BCUT2D eigenvalue weighted by Gasteiger charge is -1.97. The third-order valence-corrected chi connectivity index (χ3v) is 2.40. The molecule has 0 spiro atoms. The fourth-order valence-corrected chi connectivity index (χ4v) is 1.69. The van der Waals surface area contributed by atoms with Gasteiger partial charge < -0.3 is 0 Å². The highest BCUT2D eigenvalue weighted by atomic mass is 79.9. The first-order chi connectivity index (χ1) is 5.81. The SMILES string of the molecule is CCn1ncc2cc(Br)ccc21. The zero-order valence-corrected chi connectivity index (χ0v) is 8.37. The highest BCUT2D eigenvalue weighted by molar-refractivity contribution is 9.10. The number of hydrogen-bond donors (Lipinski definition) is 0. The molecule has 62 valence electrons. The molecule has 3 heteroatoms. The van der Waals surface area contributed by atoms with Crippen LogP contribution < -0.4 is 0 Å². The molecule has 0 aliphatic rings. The minimum atomic E-state index is 0.922. The third kappa shape index (κ3) is 1.14. The molecule has 0 aliphatic carbocycles. The molecular formula is C9H9BrN2. The Bertz CT molecular complexity index is 406. The van der Waals surface area contributed by atoms with Crippen molar-refractivity contribution in [2.75, 3.05) is 0 Å². The van der Waals surface area contributed by atoms with E-state index in [1.54, 1.807) is 0 Å². The molecule has 0 unspecified atom stereocenters. The standard InChI is InChI=1S/C9H9BrN2/c1-2-12-9-4-3-8(10)5-7(9)6-11-12/h3-6H,2H2,1H3. The van der Waals surface area contributed by atoms with Crippen LogP contribution in [-0.4, -0.2) is 9.78 Å². The van der Waals surface area contributed by atoms with Crippen molar-refractivity contribution in [2.24, 2.45) is 0 Å². The third-order valence-electron chi connectivity index (χ3n) is 1.90. The van der Waals surface area contributed by atoms with Crippen molar-refractivity contribution >= 4 is 26.8 Å². The average Bonchev–Trinajstić information content (AvgIpc) is 2.46. The van der Waals surface area contributed by atoms with Crippen molar-refractivity contribution in [3.8, 4) is 0 Å². The molecule has 0 atom stereocenters. The van der Waals surface area contributed by atoms with E-state index in [0.717, 1.165) is 11.0 Å². The quantitative estimate of drug-likeness (QED) is 0.729. The van der Waals surface area contributed by atoms with E-state index in [0.29, 0.717) is 0 Å². The van der Waals surface area contributed by atoms with Crippen LogP contribution >= 0.6 is 15.9 Å². The summed E-state index contributed by atoms with van der Waals surface area (Å²) in [5.74, 6) is 0. The van der Waals surface area contributed by atoms with Gasteiger partial charge in [0.2, 0.25) is 0 Å². The molecule has 12 heavy (non-hydrogen) atoms. The van der Waals surface area contributed by atoms with E-state index in [1.807, 2.05) is 16.9 Å². The minimum absolute atomic E-state index is 0.922. The Morgan fingerprint density at radius 1 is 1.50 bits per heavy atom. The van der Waals surface area contributed by atoms with Gasteiger partial charge in [-0.2, -0.15) is 5.10 Å². The summed E-state index contributed by atoms with van der Waals surface area (Å²) in [7, 11) is 0. The number of fused-ring (bicyclic) bond motifs is 1. The number of aryl methyl sites for hydroxylation is 1. The highest BCUT2D eigenvalue weighted by Gasteiger charge is 1.99. The van der Waals surface area contributed by atoms with Crippen molar-refractivity contribution in [1.29, 1.82) is 0 Å². The Morgan fingerprint density at radius 3 is 3.08 bits per heavy atom. The zero-order valence-electron chi connectivity index (χ0n) is 6.79. The van der Waals surface area contributed by atoms with Crippen molar-refractivity contribution in [3.63, 3.8) is 0 Å². The second-order valence-electron chi connectivity index (χ2n) is 2.66. The number of aromatic nitrogens is 2. The lowest BCUT2D eigenvalue weighted by Crippen LogP contribution is -1.94. The second kappa shape index (κ2) is 2.90. The van der Waals surface area contributed by atoms with Crippen molar-refractivity contribution in [1.82, 2.24) is 9.78 Å². The van der Waals surface area contributed by atoms with Crippen molar-refractivity contribution < 1.29 is 0 Å². The summed E-state index contributed by atoms with van der Waals surface area (Å²) in [4.78, 5) is 0. The summed E-state index contributed by atoms with van der Waals surface area (Å²) in [6, 6.07) is 6.20. The van der Waals surface area contributed by atoms with E-state index >= 15 is 0 Å². The fourth-order valence-electron chi connectivity index (χ4n) is 1.31. The Labute approximate surface area is 79.3 Å². The molecule has 1 aromatic carbocycles. The van der Waals surface area contributed by atoms with Crippen molar-refractivity contribution in [3.05, 3.63) is 28.9 Å². The predicted molar refractivity (Wildman–Crippen MR) is 53.1 cm³/mol. The van der Waals surface area contributed by atoms with E-state index in [9.17, 15) is 0 Å². The molecule has 0 fully saturated rings. The first-order valence-electron chi connectivity index (χ1n) is 3.92. The van der Waals surface area contributed by atoms with Crippen LogP contribution in [-0.2, 0) is 6.54 Å². The Hall–Kier alpha value is -0.830. The summed E-state index contributed by atoms with van der Waals surface area (Å²) < 4.78 is 3.09. The molecule has 2 nitrogen and oxygen atoms in total. The van der Waals surface area contributed by atoms with Gasteiger partial charge in [0.25, 0.3) is 0 Å². The van der Waals surface area contributed by atoms with E-state index < -0.39 is 0 Å². The van der Waals surface area contributed by atoms with Crippen LogP contribution in [0.2, 0.25) is 0 Å². The molecular weight excluding hydrogens is 216 g/mol. The summed E-state index contributed by atoms with van der Waals surface area (Å²) in [5, 5.41) is 5.44. The van der Waals surface area contributed by atoms with Crippen LogP contribution in [0.25, 0.3) is 10.9 Å². The van der Waals surface area contributed by atoms with Crippen LogP contribution in [0.1, 0.15) is 6.92 Å². The minimum Gasteiger partial charge on any atom is -0.265 e. The summed E-state index contributed by atoms with van der Waals surface area (Å²) in [5.41, 5.74) is 1.20. The highest BCUT2D eigenvalue weighted by Crippen LogP contribution is 2.18. The fraction of sp³-hybridized carbons (Fsp3) is 0.222. The summed E-state index contributed by atoms with van der Waals surface area (Å²) in [6.45, 7) is 3.01. The molecule has 2 aromatic rings. The van der Waals surface area contributed by atoms with E-state index in [1.165, 1.54) is 10.9 Å². The van der Waals surface area contributed by atoms with Crippen LogP contribution in [0.15, 0.2) is 28.9 Å². The zero-order chi connectivity index (χ0) is 8.55. The van der Waals surface area contributed by atoms with Gasteiger partial charge in [-0.15, -0.1) is 0 Å². The largest absolute Gasteiger partial charge is 0.265 e. The maximum atomic E-state index is 4.25. The van der Waals surface area contributed by atoms with Crippen LogP contribution in [0, 0.1) is 0 Å². The molecule has 0 aliphatic heterocycles. The number of benzene rings is 1. The molecule has 1 heterocycles. The maximum absolute atomic E-state index is 4.25. The maximum Gasteiger partial charge on any atom is 0.0683 e. The van der Waals surface area contributed by atoms with Crippen LogP contribution in [0.3, 0.4) is 0 Å². The molecule has 0 saturated heterocycles. The van der Waals surface area contributed by atoms with Gasteiger partial charge >= 0.3 is 0 Å². The smallest absolute Gasteiger partial charge is 0.0683 e. The number of nitrogens with zero attached hydrogens (tertiary/aromatic N) is 2. The van der Waals surface area contributed by atoms with Gasteiger partial charge in [0.1, 0.15) is 0 Å². The van der Waals surface area contributed by atoms with Gasteiger partial charge in [-0.3, -0.25) is 4.68 Å². The number of rotatable bonds is 1. The van der Waals surface area contributed by atoms with Gasteiger partial charge in [0.15, 0.2) is 0 Å². The molecule has 0 amide bonds. The molecule has 0 N–H and O–H groups in total. The van der Waals surface area contributed by atoms with Crippen molar-refractivity contribution in [2.45, 2.75) is 13.5 Å². The van der Waals surface area contributed by atoms with Gasteiger partial charge in [-0.05, 0) is 25.1 Å². The first kappa shape index (κ1) is 7.80. The van der Waals surface area contributed by atoms with Gasteiger partial charge in [-0.25, -0.2) is 0 Å². The molecule has 0 radical (unpaired) electrons. The van der Waals surface area contributed by atoms with Crippen LogP contribution in [0.5, 0.6) is 0 Å². The Kier molecular flexibility index (Phi) is 1.89. The monoisotopic (exact) mass is 224 g/mol. The van der Waals surface area contributed by atoms with E-state index in [2.05, 4.69) is 40.1 Å². The lowest BCUT2D eigenvalue weighted by atomic mass is 10.3. The average molecular weight is 225 g/mol. The number of hydrogen-bond acceptors (Lipinski definition) is 1. The van der Waals surface area contributed by atoms with Gasteiger partial charge in [0.05, 0.1) is 11.7 Å². The molecule has 2 rings (SSSR count). The van der Waals surface area contributed by atoms with Crippen LogP contribution in [0.4, 0.5) is 0 Å². The molecule has 0 bridgehead atoms. The second-order valence-corrected chi connectivity index (χ2v) is 3.58. The van der Waals surface area contributed by atoms with Gasteiger partial charge in [0, 0.05) is 16.4 Å². The van der Waals surface area contributed by atoms with E-state index in [-0.39, 0.29) is 0 Å². The lowest BCUT2D eigenvalue weighted by molar-refractivity contribution is 0.684. The molecule has 0 saturated carbocycles. The van der Waals surface area contributed by atoms with Gasteiger partial charge in [-0.1, -0.05) is 15.9 Å². The van der Waals surface area contributed by atoms with E-state index in [4.69, 9.17) is 0 Å². The summed E-state index contributed by atoms with van der Waals surface area (Å²) in [6.07, 6.45) is 1.89. The Balaban J connectivity index is 2.73. The number of halogens is 1. The first-order valence-corrected chi connectivity index (χ1v) is 4.71. The topological polar surface area (TPSA) is 17.8 Å².